The fourth-order valence-corrected chi connectivity index (χ4v) is 0.430. The molecule has 0 aromatic heterocycles. The van der Waals surface area contributed by atoms with Crippen molar-refractivity contribution >= 4 is 6.03 Å². The molecule has 0 fully saturated rings. The van der Waals surface area contributed by atoms with Gasteiger partial charge in [-0.15, -0.1) is 0 Å². The van der Waals surface area contributed by atoms with Gasteiger partial charge in [0.25, 0.3) is 0 Å². The minimum absolute atomic E-state index is 0.316. The number of unbranched alkanes of at least 4 members (excludes halogenated alkanes) is 1. The standard InChI is InChI=1S/C5H13N3O/c1-2-3-4-7-5(9)8-6/h2-4,6H2,1H3,(H2,7,8,9). The maximum absolute atomic E-state index is 10.3. The highest BCUT2D eigenvalue weighted by Crippen LogP contribution is 1.80. The van der Waals surface area contributed by atoms with Crippen LogP contribution in [0.3, 0.4) is 0 Å². The first kappa shape index (κ1) is 8.23. The summed E-state index contributed by atoms with van der Waals surface area (Å²) in [4.78, 5) is 10.3. The molecule has 4 N–H and O–H groups in total. The molecule has 0 radical (unpaired) electrons. The monoisotopic (exact) mass is 131 g/mol. The number of nitrogens with one attached hydrogen (secondary N) is 2. The van der Waals surface area contributed by atoms with Crippen LogP contribution < -0.4 is 16.6 Å². The maximum atomic E-state index is 10.3. The minimum Gasteiger partial charge on any atom is -0.337 e. The van der Waals surface area contributed by atoms with Crippen molar-refractivity contribution in [1.82, 2.24) is 10.7 Å². The van der Waals surface area contributed by atoms with Crippen molar-refractivity contribution in [3.63, 3.8) is 0 Å². The molecule has 4 heteroatoms. The van der Waals surface area contributed by atoms with E-state index in [0.717, 1.165) is 12.8 Å². The molecule has 9 heavy (non-hydrogen) atoms. The Hall–Kier alpha value is -0.770. The second-order valence-corrected chi connectivity index (χ2v) is 1.75. The molecule has 0 bridgehead atoms. The maximum Gasteiger partial charge on any atom is 0.328 e. The SMILES string of the molecule is CCCCNC(=O)NN. The summed E-state index contributed by atoms with van der Waals surface area (Å²) < 4.78 is 0. The van der Waals surface area contributed by atoms with Gasteiger partial charge in [0, 0.05) is 6.54 Å². The van der Waals surface area contributed by atoms with Crippen molar-refractivity contribution in [3.05, 3.63) is 0 Å². The van der Waals surface area contributed by atoms with Gasteiger partial charge in [-0.05, 0) is 6.42 Å². The Bertz CT molecular complexity index is 84.3. The van der Waals surface area contributed by atoms with Crippen LogP contribution in [0.2, 0.25) is 0 Å². The molecule has 0 rings (SSSR count). The molecule has 0 spiro atoms. The van der Waals surface area contributed by atoms with E-state index in [-0.39, 0.29) is 6.03 Å². The first-order valence-electron chi connectivity index (χ1n) is 3.05. The molecular formula is C5H13N3O. The number of amides is 2. The van der Waals surface area contributed by atoms with E-state index in [1.165, 1.54) is 0 Å². The third-order valence-corrected chi connectivity index (χ3v) is 0.947. The smallest absolute Gasteiger partial charge is 0.328 e. The van der Waals surface area contributed by atoms with E-state index in [9.17, 15) is 4.79 Å². The van der Waals surface area contributed by atoms with Gasteiger partial charge < -0.3 is 5.32 Å². The molecule has 0 aliphatic carbocycles. The van der Waals surface area contributed by atoms with Crippen molar-refractivity contribution in [2.45, 2.75) is 19.8 Å². The molecule has 0 aliphatic heterocycles. The Balaban J connectivity index is 2.97. The van der Waals surface area contributed by atoms with Crippen LogP contribution >= 0.6 is 0 Å². The fourth-order valence-electron chi connectivity index (χ4n) is 0.430. The van der Waals surface area contributed by atoms with E-state index in [2.05, 4.69) is 12.2 Å². The number of hydrazine groups is 1. The number of nitrogens with two attached hydrogens (primary N) is 1. The quantitative estimate of drug-likeness (QED) is 0.218. The van der Waals surface area contributed by atoms with Gasteiger partial charge in [-0.3, -0.25) is 5.43 Å². The largest absolute Gasteiger partial charge is 0.337 e. The lowest BCUT2D eigenvalue weighted by Crippen LogP contribution is -2.40. The summed E-state index contributed by atoms with van der Waals surface area (Å²) in [6, 6.07) is -0.316. The minimum atomic E-state index is -0.316. The summed E-state index contributed by atoms with van der Waals surface area (Å²) in [6.07, 6.45) is 2.07. The third kappa shape index (κ3) is 5.10. The fraction of sp³-hybridized carbons (Fsp3) is 0.800. The summed E-state index contributed by atoms with van der Waals surface area (Å²) in [5.41, 5.74) is 1.97. The first-order valence-corrected chi connectivity index (χ1v) is 3.05. The van der Waals surface area contributed by atoms with E-state index < -0.39 is 0 Å². The summed E-state index contributed by atoms with van der Waals surface area (Å²) in [5, 5.41) is 2.56. The lowest BCUT2D eigenvalue weighted by Gasteiger charge is -2.00. The highest BCUT2D eigenvalue weighted by Gasteiger charge is 1.91. The Morgan fingerprint density at radius 1 is 1.67 bits per heavy atom. The first-order chi connectivity index (χ1) is 4.31. The van der Waals surface area contributed by atoms with E-state index in [4.69, 9.17) is 5.84 Å². The molecule has 0 heterocycles. The van der Waals surface area contributed by atoms with Gasteiger partial charge in [-0.25, -0.2) is 10.6 Å². The summed E-state index contributed by atoms with van der Waals surface area (Å²) in [6.45, 7) is 2.75. The third-order valence-electron chi connectivity index (χ3n) is 0.947. The number of hydrogen-bond donors (Lipinski definition) is 3. The zero-order valence-corrected chi connectivity index (χ0v) is 5.61. The Kier molecular flexibility index (Phi) is 4.91. The van der Waals surface area contributed by atoms with Crippen LogP contribution in [-0.4, -0.2) is 12.6 Å². The highest BCUT2D eigenvalue weighted by atomic mass is 16.2. The number of carbonyl (C=O) groups is 1. The van der Waals surface area contributed by atoms with Gasteiger partial charge >= 0.3 is 6.03 Å². The van der Waals surface area contributed by atoms with Crippen molar-refractivity contribution in [1.29, 1.82) is 0 Å². The van der Waals surface area contributed by atoms with Gasteiger partial charge in [0.05, 0.1) is 0 Å². The van der Waals surface area contributed by atoms with Crippen LogP contribution in [0.15, 0.2) is 0 Å². The van der Waals surface area contributed by atoms with E-state index in [1.54, 1.807) is 0 Å². The number of hydrogen-bond acceptors (Lipinski definition) is 2. The Labute approximate surface area is 54.8 Å². The van der Waals surface area contributed by atoms with Crippen molar-refractivity contribution in [2.24, 2.45) is 5.84 Å². The number of rotatable bonds is 3. The Morgan fingerprint density at radius 2 is 2.33 bits per heavy atom. The molecule has 2 amide bonds. The average molecular weight is 131 g/mol. The predicted molar refractivity (Wildman–Crippen MR) is 35.6 cm³/mol. The zero-order valence-electron chi connectivity index (χ0n) is 5.61. The normalized spacial score (nSPS) is 8.67. The van der Waals surface area contributed by atoms with Gasteiger partial charge in [-0.1, -0.05) is 13.3 Å². The second kappa shape index (κ2) is 5.37. The van der Waals surface area contributed by atoms with Crippen LogP contribution in [0.25, 0.3) is 0 Å². The molecule has 0 unspecified atom stereocenters. The van der Waals surface area contributed by atoms with Gasteiger partial charge in [0.2, 0.25) is 0 Å². The van der Waals surface area contributed by atoms with Crippen molar-refractivity contribution in [3.8, 4) is 0 Å². The second-order valence-electron chi connectivity index (χ2n) is 1.75. The van der Waals surface area contributed by atoms with Gasteiger partial charge in [-0.2, -0.15) is 0 Å². The molecular weight excluding hydrogens is 118 g/mol. The van der Waals surface area contributed by atoms with Crippen LogP contribution in [0, 0.1) is 0 Å². The van der Waals surface area contributed by atoms with Crippen molar-refractivity contribution < 1.29 is 4.79 Å². The summed E-state index contributed by atoms with van der Waals surface area (Å²) in [7, 11) is 0. The zero-order chi connectivity index (χ0) is 7.11. The number of carbonyl (C=O) groups excluding carboxylic acids is 1. The lowest BCUT2D eigenvalue weighted by molar-refractivity contribution is 0.241. The average Bonchev–Trinajstić information content (AvgIpc) is 1.89. The van der Waals surface area contributed by atoms with Gasteiger partial charge in [0.1, 0.15) is 0 Å². The molecule has 0 saturated heterocycles. The number of urea groups is 1. The van der Waals surface area contributed by atoms with Crippen LogP contribution in [0.4, 0.5) is 4.79 Å². The van der Waals surface area contributed by atoms with E-state index >= 15 is 0 Å². The summed E-state index contributed by atoms with van der Waals surface area (Å²) in [5.74, 6) is 4.79. The Morgan fingerprint density at radius 3 is 2.78 bits per heavy atom. The molecule has 0 aliphatic rings. The van der Waals surface area contributed by atoms with E-state index in [0.29, 0.717) is 6.54 Å². The van der Waals surface area contributed by atoms with Crippen LogP contribution in [-0.2, 0) is 0 Å². The molecule has 0 atom stereocenters. The van der Waals surface area contributed by atoms with Gasteiger partial charge in [0.15, 0.2) is 0 Å². The van der Waals surface area contributed by atoms with Crippen LogP contribution in [0.5, 0.6) is 0 Å². The molecule has 0 aromatic rings. The highest BCUT2D eigenvalue weighted by molar-refractivity contribution is 5.72. The summed E-state index contributed by atoms with van der Waals surface area (Å²) >= 11 is 0. The predicted octanol–water partition coefficient (Wildman–Crippen LogP) is -0.0406. The molecule has 54 valence electrons. The van der Waals surface area contributed by atoms with Crippen LogP contribution in [0.1, 0.15) is 19.8 Å². The molecule has 4 nitrogen and oxygen atoms in total. The molecule has 0 saturated carbocycles. The molecule has 0 aromatic carbocycles. The topological polar surface area (TPSA) is 67.2 Å². The lowest BCUT2D eigenvalue weighted by atomic mass is 10.3. The van der Waals surface area contributed by atoms with E-state index in [1.807, 2.05) is 5.43 Å². The van der Waals surface area contributed by atoms with Crippen molar-refractivity contribution in [2.75, 3.05) is 6.54 Å².